The molecular weight excluding hydrogens is 124 g/mol. The van der Waals surface area contributed by atoms with Crippen LogP contribution in [0.15, 0.2) is 0 Å². The summed E-state index contributed by atoms with van der Waals surface area (Å²) in [4.78, 5) is 0. The Morgan fingerprint density at radius 3 is 1.90 bits per heavy atom. The van der Waals surface area contributed by atoms with E-state index in [0.29, 0.717) is 0 Å². The van der Waals surface area contributed by atoms with Crippen LogP contribution in [0, 0.1) is 11.8 Å². The average molecular weight is 140 g/mol. The summed E-state index contributed by atoms with van der Waals surface area (Å²) in [7, 11) is 0. The van der Waals surface area contributed by atoms with Crippen LogP contribution >= 0.6 is 0 Å². The second-order valence-electron chi connectivity index (χ2n) is 3.51. The van der Waals surface area contributed by atoms with Gasteiger partial charge < -0.3 is 10.6 Å². The highest BCUT2D eigenvalue weighted by Crippen LogP contribution is 2.24. The highest BCUT2D eigenvalue weighted by molar-refractivity contribution is 4.83. The largest absolute Gasteiger partial charge is 0.316 e. The fourth-order valence-electron chi connectivity index (χ4n) is 2.17. The molecule has 2 aliphatic heterocycles. The van der Waals surface area contributed by atoms with E-state index < -0.39 is 0 Å². The fraction of sp³-hybridized carbons (Fsp3) is 1.00. The second kappa shape index (κ2) is 2.89. The van der Waals surface area contributed by atoms with Gasteiger partial charge in [-0.3, -0.25) is 0 Å². The van der Waals surface area contributed by atoms with Crippen molar-refractivity contribution in [2.45, 2.75) is 12.8 Å². The first-order valence-corrected chi connectivity index (χ1v) is 4.38. The zero-order chi connectivity index (χ0) is 6.81. The van der Waals surface area contributed by atoms with Gasteiger partial charge in [0.1, 0.15) is 0 Å². The molecule has 0 atom stereocenters. The molecule has 58 valence electrons. The molecule has 0 saturated carbocycles. The Labute approximate surface area is 62.4 Å². The van der Waals surface area contributed by atoms with E-state index in [1.165, 1.54) is 39.0 Å². The summed E-state index contributed by atoms with van der Waals surface area (Å²) in [5.41, 5.74) is 0. The lowest BCUT2D eigenvalue weighted by atomic mass is 9.82. The third-order valence-corrected chi connectivity index (χ3v) is 2.86. The quantitative estimate of drug-likeness (QED) is 0.502. The number of hydrogen-bond acceptors (Lipinski definition) is 2. The molecule has 0 spiro atoms. The number of hydrogen-bond donors (Lipinski definition) is 2. The minimum absolute atomic E-state index is 0.933. The molecule has 2 saturated heterocycles. The minimum Gasteiger partial charge on any atom is -0.316 e. The summed E-state index contributed by atoms with van der Waals surface area (Å²) < 4.78 is 0. The molecule has 2 rings (SSSR count). The van der Waals surface area contributed by atoms with Crippen LogP contribution in [0.4, 0.5) is 0 Å². The van der Waals surface area contributed by atoms with E-state index in [9.17, 15) is 0 Å². The van der Waals surface area contributed by atoms with Gasteiger partial charge in [-0.1, -0.05) is 0 Å². The molecule has 2 aliphatic rings. The van der Waals surface area contributed by atoms with E-state index in [4.69, 9.17) is 0 Å². The van der Waals surface area contributed by atoms with Gasteiger partial charge in [0.15, 0.2) is 0 Å². The molecule has 0 aromatic carbocycles. The Hall–Kier alpha value is -0.0800. The Morgan fingerprint density at radius 1 is 0.800 bits per heavy atom. The van der Waals surface area contributed by atoms with E-state index in [0.717, 1.165) is 11.8 Å². The van der Waals surface area contributed by atoms with Crippen molar-refractivity contribution in [3.63, 3.8) is 0 Å². The molecule has 10 heavy (non-hydrogen) atoms. The summed E-state index contributed by atoms with van der Waals surface area (Å²) in [5, 5.41) is 6.89. The highest BCUT2D eigenvalue weighted by Gasteiger charge is 2.26. The molecule has 0 radical (unpaired) electrons. The highest BCUT2D eigenvalue weighted by atomic mass is 14.9. The van der Waals surface area contributed by atoms with Crippen molar-refractivity contribution in [2.75, 3.05) is 26.2 Å². The van der Waals surface area contributed by atoms with E-state index in [2.05, 4.69) is 10.6 Å². The molecule has 2 nitrogen and oxygen atoms in total. The van der Waals surface area contributed by atoms with Gasteiger partial charge in [-0.2, -0.15) is 0 Å². The van der Waals surface area contributed by atoms with E-state index in [1.807, 2.05) is 0 Å². The van der Waals surface area contributed by atoms with Crippen LogP contribution in [0.2, 0.25) is 0 Å². The number of rotatable bonds is 0. The maximum Gasteiger partial charge on any atom is -0.000570 e. The van der Waals surface area contributed by atoms with Gasteiger partial charge >= 0.3 is 0 Å². The van der Waals surface area contributed by atoms with Crippen LogP contribution in [-0.4, -0.2) is 26.2 Å². The SMILES string of the molecule is C1CC2CCNCC2CN1. The van der Waals surface area contributed by atoms with Crippen molar-refractivity contribution in [3.05, 3.63) is 0 Å². The standard InChI is InChI=1S/C8H16N2/c1-3-9-5-8-6-10-4-2-7(1)8/h7-10H,1-6H2. The maximum atomic E-state index is 3.44. The summed E-state index contributed by atoms with van der Waals surface area (Å²) in [6.45, 7) is 5.00. The third kappa shape index (κ3) is 1.18. The average Bonchev–Trinajstić information content (AvgIpc) is 2.05. The lowest BCUT2D eigenvalue weighted by molar-refractivity contribution is 0.200. The molecular formula is C8H16N2. The third-order valence-electron chi connectivity index (χ3n) is 2.86. The van der Waals surface area contributed by atoms with E-state index in [1.54, 1.807) is 0 Å². The number of nitrogens with one attached hydrogen (secondary N) is 2. The van der Waals surface area contributed by atoms with Gasteiger partial charge in [0.25, 0.3) is 0 Å². The molecule has 0 aromatic heterocycles. The Balaban J connectivity index is 1.93. The van der Waals surface area contributed by atoms with Gasteiger partial charge in [-0.05, 0) is 50.9 Å². The molecule has 0 unspecified atom stereocenters. The molecule has 0 bridgehead atoms. The smallest absolute Gasteiger partial charge is 0.000570 e. The van der Waals surface area contributed by atoms with Crippen molar-refractivity contribution < 1.29 is 0 Å². The van der Waals surface area contributed by atoms with Crippen LogP contribution in [0.3, 0.4) is 0 Å². The summed E-state index contributed by atoms with van der Waals surface area (Å²) in [5.74, 6) is 1.96. The molecule has 0 amide bonds. The van der Waals surface area contributed by atoms with Crippen LogP contribution < -0.4 is 10.6 Å². The maximum absolute atomic E-state index is 3.44. The predicted octanol–water partition coefficient (Wildman–Crippen LogP) is 0.205. The van der Waals surface area contributed by atoms with E-state index in [-0.39, 0.29) is 0 Å². The molecule has 0 aromatic rings. The van der Waals surface area contributed by atoms with Gasteiger partial charge in [0, 0.05) is 0 Å². The fourth-order valence-corrected chi connectivity index (χ4v) is 2.17. The van der Waals surface area contributed by atoms with E-state index >= 15 is 0 Å². The topological polar surface area (TPSA) is 24.1 Å². The lowest BCUT2D eigenvalue weighted by Crippen LogP contribution is -2.46. The van der Waals surface area contributed by atoms with Crippen molar-refractivity contribution in [2.24, 2.45) is 11.8 Å². The molecule has 2 heteroatoms. The van der Waals surface area contributed by atoms with Crippen molar-refractivity contribution in [1.29, 1.82) is 0 Å². The van der Waals surface area contributed by atoms with Crippen LogP contribution in [0.5, 0.6) is 0 Å². The molecule has 2 N–H and O–H groups in total. The Bertz CT molecular complexity index is 87.8. The zero-order valence-corrected chi connectivity index (χ0v) is 6.40. The summed E-state index contributed by atoms with van der Waals surface area (Å²) in [6, 6.07) is 0. The summed E-state index contributed by atoms with van der Waals surface area (Å²) >= 11 is 0. The molecule has 2 fully saturated rings. The first-order valence-electron chi connectivity index (χ1n) is 4.38. The second-order valence-corrected chi connectivity index (χ2v) is 3.51. The van der Waals surface area contributed by atoms with Crippen LogP contribution in [0.25, 0.3) is 0 Å². The van der Waals surface area contributed by atoms with Crippen molar-refractivity contribution >= 4 is 0 Å². The molecule has 0 aliphatic carbocycles. The number of piperidine rings is 2. The predicted molar refractivity (Wildman–Crippen MR) is 42.0 cm³/mol. The Kier molecular flexibility index (Phi) is 1.91. The van der Waals surface area contributed by atoms with Gasteiger partial charge in [-0.15, -0.1) is 0 Å². The first kappa shape index (κ1) is 6.62. The monoisotopic (exact) mass is 140 g/mol. The normalized spacial score (nSPS) is 40.8. The molecule has 2 heterocycles. The first-order chi connectivity index (χ1) is 4.97. The van der Waals surface area contributed by atoms with Crippen LogP contribution in [-0.2, 0) is 0 Å². The minimum atomic E-state index is 0.933. The Morgan fingerprint density at radius 2 is 1.40 bits per heavy atom. The van der Waals surface area contributed by atoms with Gasteiger partial charge in [-0.25, -0.2) is 0 Å². The zero-order valence-electron chi connectivity index (χ0n) is 6.40. The number of fused-ring (bicyclic) bond motifs is 1. The lowest BCUT2D eigenvalue weighted by Gasteiger charge is -2.36. The summed E-state index contributed by atoms with van der Waals surface area (Å²) in [6.07, 6.45) is 2.82. The van der Waals surface area contributed by atoms with Crippen LogP contribution in [0.1, 0.15) is 12.8 Å². The van der Waals surface area contributed by atoms with Gasteiger partial charge in [0.2, 0.25) is 0 Å². The van der Waals surface area contributed by atoms with Crippen molar-refractivity contribution in [1.82, 2.24) is 10.6 Å². The van der Waals surface area contributed by atoms with Crippen molar-refractivity contribution in [3.8, 4) is 0 Å². The van der Waals surface area contributed by atoms with Gasteiger partial charge in [0.05, 0.1) is 0 Å².